The van der Waals surface area contributed by atoms with Gasteiger partial charge in [0.2, 0.25) is 0 Å². The van der Waals surface area contributed by atoms with Gasteiger partial charge in [0.1, 0.15) is 0 Å². The van der Waals surface area contributed by atoms with Crippen LogP contribution >= 0.6 is 11.3 Å². The molecule has 0 aliphatic carbocycles. The van der Waals surface area contributed by atoms with Crippen molar-refractivity contribution < 1.29 is 13.7 Å². The Morgan fingerprint density at radius 3 is 1.47 bits per heavy atom. The first-order valence-electron chi connectivity index (χ1n) is 22.6. The van der Waals surface area contributed by atoms with Crippen molar-refractivity contribution in [1.82, 2.24) is 15.0 Å². The van der Waals surface area contributed by atoms with Gasteiger partial charge in [0.25, 0.3) is 0 Å². The summed E-state index contributed by atoms with van der Waals surface area (Å²) in [6.07, 6.45) is 0. The van der Waals surface area contributed by atoms with Gasteiger partial charge in [-0.05, 0) is 69.3 Å². The van der Waals surface area contributed by atoms with E-state index in [0.717, 1.165) is 38.1 Å². The van der Waals surface area contributed by atoms with Gasteiger partial charge in [-0.2, -0.15) is 0 Å². The highest BCUT2D eigenvalue weighted by atomic mass is 32.1. The summed E-state index contributed by atoms with van der Waals surface area (Å²) in [5.74, 6) is 1.18. The molecule has 8 aromatic carbocycles. The third-order valence-electron chi connectivity index (χ3n) is 9.49. The molecule has 0 radical (unpaired) electrons. The number of aromatic nitrogens is 3. The first-order chi connectivity index (χ1) is 31.4. The third kappa shape index (κ3) is 6.29. The Kier molecular flexibility index (Phi) is 6.05. The van der Waals surface area contributed by atoms with Crippen LogP contribution in [0.4, 0.5) is 0 Å². The van der Waals surface area contributed by atoms with Crippen molar-refractivity contribution in [2.24, 2.45) is 0 Å². The summed E-state index contributed by atoms with van der Waals surface area (Å²) in [5.41, 5.74) is 6.40. The summed E-state index contributed by atoms with van der Waals surface area (Å²) in [6.45, 7) is 0. The normalized spacial score (nSPS) is 13.8. The van der Waals surface area contributed by atoms with Crippen LogP contribution in [0.1, 0.15) is 13.7 Å². The van der Waals surface area contributed by atoms with Gasteiger partial charge in [-0.3, -0.25) is 0 Å². The molecule has 0 amide bonds. The Morgan fingerprint density at radius 2 is 0.873 bits per heavy atom. The molecule has 3 nitrogen and oxygen atoms in total. The van der Waals surface area contributed by atoms with Gasteiger partial charge in [-0.1, -0.05) is 170 Å². The molecule has 258 valence electrons. The summed E-state index contributed by atoms with van der Waals surface area (Å²) in [6, 6.07) is 40.0. The van der Waals surface area contributed by atoms with E-state index in [0.29, 0.717) is 38.5 Å². The second-order valence-electron chi connectivity index (χ2n) is 12.9. The van der Waals surface area contributed by atoms with E-state index in [9.17, 15) is 0 Å². The fourth-order valence-electron chi connectivity index (χ4n) is 6.92. The Hall–Kier alpha value is -7.01. The van der Waals surface area contributed by atoms with E-state index in [1.54, 1.807) is 12.1 Å². The SMILES string of the molecule is [2H]c1c([2H])c([2H])c(-c2cc(-c3c([2H])c([2H])c([2H])c([2H])c3[2H])c3sc4cccc(-c5nc(-c6cccc(-c7ccccc7)c6)nc(-c6cccc(-c7ccccc7)c6)n5)c4c3c2)c([2H])c1[2H]. The highest BCUT2D eigenvalue weighted by molar-refractivity contribution is 7.26. The van der Waals surface area contributed by atoms with E-state index in [4.69, 9.17) is 28.7 Å². The Morgan fingerprint density at radius 1 is 0.364 bits per heavy atom. The van der Waals surface area contributed by atoms with Gasteiger partial charge < -0.3 is 0 Å². The first kappa shape index (κ1) is 23.6. The van der Waals surface area contributed by atoms with E-state index in [1.807, 2.05) is 127 Å². The second kappa shape index (κ2) is 14.1. The molecule has 0 N–H and O–H groups in total. The van der Waals surface area contributed by atoms with Crippen LogP contribution in [0.15, 0.2) is 200 Å². The third-order valence-corrected chi connectivity index (χ3v) is 10.7. The van der Waals surface area contributed by atoms with Crippen LogP contribution in [-0.4, -0.2) is 15.0 Å². The molecule has 0 fully saturated rings. The Balaban J connectivity index is 1.28. The van der Waals surface area contributed by atoms with E-state index >= 15 is 0 Å². The average Bonchev–Trinajstić information content (AvgIpc) is 3.73. The lowest BCUT2D eigenvalue weighted by Crippen LogP contribution is -2.00. The molecule has 0 saturated carbocycles. The van der Waals surface area contributed by atoms with Gasteiger partial charge in [-0.15, -0.1) is 11.3 Å². The number of rotatable bonds is 7. The molecule has 55 heavy (non-hydrogen) atoms. The van der Waals surface area contributed by atoms with Crippen molar-refractivity contribution in [3.63, 3.8) is 0 Å². The first-order valence-corrected chi connectivity index (χ1v) is 18.4. The largest absolute Gasteiger partial charge is 0.208 e. The minimum absolute atomic E-state index is 0.0790. The van der Waals surface area contributed by atoms with Gasteiger partial charge >= 0.3 is 0 Å². The molecule has 0 unspecified atom stereocenters. The highest BCUT2D eigenvalue weighted by Gasteiger charge is 2.20. The second-order valence-corrected chi connectivity index (χ2v) is 13.9. The summed E-state index contributed by atoms with van der Waals surface area (Å²) in [7, 11) is 0. The molecule has 2 heterocycles. The molecule has 0 saturated heterocycles. The van der Waals surface area contributed by atoms with Crippen molar-refractivity contribution in [1.29, 1.82) is 0 Å². The van der Waals surface area contributed by atoms with Crippen LogP contribution in [0.2, 0.25) is 0 Å². The predicted octanol–water partition coefficient (Wildman–Crippen LogP) is 13.9. The lowest BCUT2D eigenvalue weighted by molar-refractivity contribution is 1.08. The topological polar surface area (TPSA) is 38.7 Å². The van der Waals surface area contributed by atoms with Crippen molar-refractivity contribution in [3.8, 4) is 78.7 Å². The van der Waals surface area contributed by atoms with E-state index in [-0.39, 0.29) is 22.3 Å². The molecule has 10 aromatic rings. The quantitative estimate of drug-likeness (QED) is 0.164. The molecule has 2 aromatic heterocycles. The number of benzene rings is 8. The molecule has 0 aliphatic rings. The van der Waals surface area contributed by atoms with Crippen LogP contribution in [-0.2, 0) is 0 Å². The Labute approximate surface area is 338 Å². The van der Waals surface area contributed by atoms with E-state index in [1.165, 1.54) is 11.3 Å². The molecule has 0 spiro atoms. The molecular formula is C51H33N3S. The van der Waals surface area contributed by atoms with Crippen molar-refractivity contribution in [3.05, 3.63) is 200 Å². The zero-order valence-corrected chi connectivity index (χ0v) is 29.8. The van der Waals surface area contributed by atoms with Gasteiger partial charge in [0.05, 0.1) is 13.7 Å². The smallest absolute Gasteiger partial charge is 0.164 e. The number of hydrogen-bond acceptors (Lipinski definition) is 4. The van der Waals surface area contributed by atoms with Crippen molar-refractivity contribution in [2.45, 2.75) is 0 Å². The summed E-state index contributed by atoms with van der Waals surface area (Å²) in [4.78, 5) is 15.4. The minimum Gasteiger partial charge on any atom is -0.208 e. The molecule has 10 rings (SSSR count). The zero-order chi connectivity index (χ0) is 45.3. The fourth-order valence-corrected chi connectivity index (χ4v) is 8.15. The molecule has 0 aliphatic heterocycles. The van der Waals surface area contributed by atoms with Crippen LogP contribution in [0.3, 0.4) is 0 Å². The number of nitrogens with zero attached hydrogens (tertiary/aromatic N) is 3. The lowest BCUT2D eigenvalue weighted by Gasteiger charge is -2.12. The van der Waals surface area contributed by atoms with Crippen LogP contribution in [0.5, 0.6) is 0 Å². The van der Waals surface area contributed by atoms with E-state index in [2.05, 4.69) is 0 Å². The molecule has 0 atom stereocenters. The average molecular weight is 730 g/mol. The van der Waals surface area contributed by atoms with Crippen molar-refractivity contribution >= 4 is 31.5 Å². The maximum absolute atomic E-state index is 9.01. The number of hydrogen-bond donors (Lipinski definition) is 0. The standard InChI is InChI=1S/C51H33N3S/c1-5-16-34(17-6-1)38-24-13-26-40(30-38)49-52-50(41-27-14-25-39(31-41)35-18-7-2-8-19-35)54-51(53-49)43-28-15-29-46-47(43)45-33-42(36-20-9-3-10-21-36)32-44(48(45)55-46)37-22-11-4-12-23-37/h1-33H/i3D,4D,9D,10D,11D,12D,20D,21D,22D,23D. The Bertz CT molecular complexity index is 3400. The lowest BCUT2D eigenvalue weighted by atomic mass is 9.95. The zero-order valence-electron chi connectivity index (χ0n) is 39.0. The molecular weight excluding hydrogens is 687 g/mol. The summed E-state index contributed by atoms with van der Waals surface area (Å²) in [5, 5.41) is 1.21. The van der Waals surface area contributed by atoms with Crippen LogP contribution in [0.25, 0.3) is 98.8 Å². The van der Waals surface area contributed by atoms with Gasteiger partial charge in [0.15, 0.2) is 17.5 Å². The number of fused-ring (bicyclic) bond motifs is 3. The highest BCUT2D eigenvalue weighted by Crippen LogP contribution is 2.46. The molecule has 4 heteroatoms. The predicted molar refractivity (Wildman–Crippen MR) is 231 cm³/mol. The maximum atomic E-state index is 9.01. The fraction of sp³-hybridized carbons (Fsp3) is 0. The van der Waals surface area contributed by atoms with Crippen molar-refractivity contribution in [2.75, 3.05) is 0 Å². The van der Waals surface area contributed by atoms with Crippen LogP contribution in [0, 0.1) is 0 Å². The van der Waals surface area contributed by atoms with Gasteiger partial charge in [0, 0.05) is 42.4 Å². The molecule has 0 bridgehead atoms. The number of thiophene rings is 1. The van der Waals surface area contributed by atoms with E-state index < -0.39 is 60.4 Å². The maximum Gasteiger partial charge on any atom is 0.164 e. The van der Waals surface area contributed by atoms with Crippen LogP contribution < -0.4 is 0 Å². The van der Waals surface area contributed by atoms with Gasteiger partial charge in [-0.25, -0.2) is 15.0 Å². The summed E-state index contributed by atoms with van der Waals surface area (Å²) >= 11 is 1.34. The summed E-state index contributed by atoms with van der Waals surface area (Å²) < 4.78 is 88.0. The minimum atomic E-state index is -0.552. The monoisotopic (exact) mass is 729 g/mol.